The summed E-state index contributed by atoms with van der Waals surface area (Å²) < 4.78 is 71.2. The number of benzene rings is 2. The lowest BCUT2D eigenvalue weighted by atomic mass is 10.1. The molecule has 0 radical (unpaired) electrons. The zero-order valence-electron chi connectivity index (χ0n) is 16.1. The largest absolute Gasteiger partial charge is 0.484 e. The Labute approximate surface area is 177 Å². The van der Waals surface area contributed by atoms with E-state index < -0.39 is 40.0 Å². The third-order valence-electron chi connectivity index (χ3n) is 3.75. The zero-order valence-corrected chi connectivity index (χ0v) is 17.7. The first-order chi connectivity index (χ1) is 13.9. The minimum Gasteiger partial charge on any atom is -0.484 e. The lowest BCUT2D eigenvalue weighted by Crippen LogP contribution is -2.27. The Morgan fingerprint density at radius 2 is 1.77 bits per heavy atom. The summed E-state index contributed by atoms with van der Waals surface area (Å²) in [5.41, 5.74) is -1.52. The van der Waals surface area contributed by atoms with Crippen molar-refractivity contribution in [1.29, 1.82) is 0 Å². The summed E-state index contributed by atoms with van der Waals surface area (Å²) in [6.07, 6.45) is -4.70. The number of carbonyl (C=O) groups excluding carboxylic acids is 1. The Hall–Kier alpha value is -2.30. The van der Waals surface area contributed by atoms with Gasteiger partial charge in [-0.05, 0) is 48.4 Å². The predicted molar refractivity (Wildman–Crippen MR) is 107 cm³/mol. The van der Waals surface area contributed by atoms with Gasteiger partial charge >= 0.3 is 6.18 Å². The number of hydrogen-bond acceptors (Lipinski definition) is 4. The lowest BCUT2D eigenvalue weighted by Gasteiger charge is -2.14. The van der Waals surface area contributed by atoms with Crippen molar-refractivity contribution in [2.75, 3.05) is 18.5 Å². The van der Waals surface area contributed by atoms with Crippen LogP contribution in [-0.2, 0) is 21.0 Å². The SMILES string of the molecule is CC(C)CNS(=O)(=O)c1ccc(OCC(=O)Nc2ccc(Cl)cc2C(F)(F)F)cc1. The number of anilines is 1. The van der Waals surface area contributed by atoms with Gasteiger partial charge in [-0.15, -0.1) is 0 Å². The van der Waals surface area contributed by atoms with E-state index in [0.29, 0.717) is 6.07 Å². The number of halogens is 4. The van der Waals surface area contributed by atoms with Crippen LogP contribution < -0.4 is 14.8 Å². The molecule has 0 saturated heterocycles. The standard InChI is InChI=1S/C19H20ClF3N2O4S/c1-12(2)10-24-30(27,28)15-6-4-14(5-7-15)29-11-18(26)25-17-8-3-13(20)9-16(17)19(21,22)23/h3-9,12,24H,10-11H2,1-2H3,(H,25,26). The van der Waals surface area contributed by atoms with Gasteiger partial charge in [0.1, 0.15) is 5.75 Å². The van der Waals surface area contributed by atoms with Crippen LogP contribution in [0.15, 0.2) is 47.4 Å². The minimum absolute atomic E-state index is 0.0240. The van der Waals surface area contributed by atoms with Gasteiger partial charge in [0, 0.05) is 11.6 Å². The van der Waals surface area contributed by atoms with Crippen molar-refractivity contribution in [1.82, 2.24) is 4.72 Å². The van der Waals surface area contributed by atoms with E-state index in [1.54, 1.807) is 0 Å². The minimum atomic E-state index is -4.70. The Kier molecular flexibility index (Phi) is 7.73. The molecular weight excluding hydrogens is 445 g/mol. The number of nitrogens with one attached hydrogen (secondary N) is 2. The fourth-order valence-corrected chi connectivity index (χ4v) is 3.66. The van der Waals surface area contributed by atoms with Crippen LogP contribution in [0.25, 0.3) is 0 Å². The molecule has 0 fully saturated rings. The summed E-state index contributed by atoms with van der Waals surface area (Å²) in [5, 5.41) is 2.01. The van der Waals surface area contributed by atoms with Gasteiger partial charge in [-0.2, -0.15) is 13.2 Å². The molecule has 30 heavy (non-hydrogen) atoms. The molecule has 0 bridgehead atoms. The topological polar surface area (TPSA) is 84.5 Å². The second-order valence-electron chi connectivity index (χ2n) is 6.74. The molecular formula is C19H20ClF3N2O4S. The van der Waals surface area contributed by atoms with Crippen LogP contribution in [0, 0.1) is 5.92 Å². The Bertz CT molecular complexity index is 994. The molecule has 0 heterocycles. The molecule has 6 nitrogen and oxygen atoms in total. The number of rotatable bonds is 8. The molecule has 0 aromatic heterocycles. The highest BCUT2D eigenvalue weighted by Crippen LogP contribution is 2.36. The molecule has 0 aliphatic rings. The van der Waals surface area contributed by atoms with Crippen LogP contribution in [-0.4, -0.2) is 27.5 Å². The second-order valence-corrected chi connectivity index (χ2v) is 8.95. The van der Waals surface area contributed by atoms with Crippen LogP contribution in [0.2, 0.25) is 5.02 Å². The molecule has 0 aliphatic heterocycles. The molecule has 0 saturated carbocycles. The molecule has 11 heteroatoms. The smallest absolute Gasteiger partial charge is 0.418 e. The Morgan fingerprint density at radius 1 is 1.13 bits per heavy atom. The highest BCUT2D eigenvalue weighted by atomic mass is 35.5. The maximum Gasteiger partial charge on any atom is 0.418 e. The summed E-state index contributed by atoms with van der Waals surface area (Å²) in [6, 6.07) is 8.28. The summed E-state index contributed by atoms with van der Waals surface area (Å²) in [5.74, 6) is -0.502. The molecule has 0 atom stereocenters. The van der Waals surface area contributed by atoms with E-state index >= 15 is 0 Å². The van der Waals surface area contributed by atoms with Gasteiger partial charge < -0.3 is 10.1 Å². The molecule has 0 spiro atoms. The first-order valence-corrected chi connectivity index (χ1v) is 10.6. The monoisotopic (exact) mass is 464 g/mol. The van der Waals surface area contributed by atoms with E-state index in [9.17, 15) is 26.4 Å². The summed E-state index contributed by atoms with van der Waals surface area (Å²) in [7, 11) is -3.67. The van der Waals surface area contributed by atoms with Crippen molar-refractivity contribution in [2.24, 2.45) is 5.92 Å². The van der Waals surface area contributed by atoms with E-state index in [1.165, 1.54) is 30.3 Å². The lowest BCUT2D eigenvalue weighted by molar-refractivity contribution is -0.137. The number of carbonyl (C=O) groups is 1. The Balaban J connectivity index is 1.99. The summed E-state index contributed by atoms with van der Waals surface area (Å²) in [4.78, 5) is 12.0. The third-order valence-corrected chi connectivity index (χ3v) is 5.42. The normalized spacial score (nSPS) is 12.1. The van der Waals surface area contributed by atoms with Crippen molar-refractivity contribution in [3.63, 3.8) is 0 Å². The van der Waals surface area contributed by atoms with Crippen molar-refractivity contribution < 1.29 is 31.1 Å². The van der Waals surface area contributed by atoms with Crippen LogP contribution in [0.3, 0.4) is 0 Å². The molecule has 0 unspecified atom stereocenters. The van der Waals surface area contributed by atoms with Gasteiger partial charge in [0.15, 0.2) is 6.61 Å². The van der Waals surface area contributed by atoms with Gasteiger partial charge in [0.2, 0.25) is 10.0 Å². The zero-order chi connectivity index (χ0) is 22.5. The number of sulfonamides is 1. The molecule has 164 valence electrons. The van der Waals surface area contributed by atoms with Gasteiger partial charge in [0.25, 0.3) is 5.91 Å². The van der Waals surface area contributed by atoms with E-state index in [4.69, 9.17) is 16.3 Å². The van der Waals surface area contributed by atoms with E-state index in [0.717, 1.165) is 6.07 Å². The van der Waals surface area contributed by atoms with E-state index in [1.807, 2.05) is 13.8 Å². The van der Waals surface area contributed by atoms with Gasteiger partial charge in [-0.3, -0.25) is 4.79 Å². The van der Waals surface area contributed by atoms with Crippen LogP contribution in [0.4, 0.5) is 18.9 Å². The highest BCUT2D eigenvalue weighted by molar-refractivity contribution is 7.89. The maximum atomic E-state index is 13.1. The van der Waals surface area contributed by atoms with E-state index in [2.05, 4.69) is 10.0 Å². The van der Waals surface area contributed by atoms with Gasteiger partial charge in [-0.1, -0.05) is 25.4 Å². The number of hydrogen-bond donors (Lipinski definition) is 2. The fraction of sp³-hybridized carbons (Fsp3) is 0.316. The molecule has 2 aromatic rings. The molecule has 2 N–H and O–H groups in total. The molecule has 0 aliphatic carbocycles. The summed E-state index contributed by atoms with van der Waals surface area (Å²) >= 11 is 5.60. The average molecular weight is 465 g/mol. The van der Waals surface area contributed by atoms with Crippen molar-refractivity contribution in [3.8, 4) is 5.75 Å². The number of ether oxygens (including phenoxy) is 1. The first-order valence-electron chi connectivity index (χ1n) is 8.77. The predicted octanol–water partition coefficient (Wildman–Crippen LogP) is 4.31. The number of amides is 1. The van der Waals surface area contributed by atoms with E-state index in [-0.39, 0.29) is 28.1 Å². The van der Waals surface area contributed by atoms with Crippen LogP contribution in [0.1, 0.15) is 19.4 Å². The second kappa shape index (κ2) is 9.67. The van der Waals surface area contributed by atoms with Crippen molar-refractivity contribution in [3.05, 3.63) is 53.1 Å². The van der Waals surface area contributed by atoms with Crippen LogP contribution >= 0.6 is 11.6 Å². The summed E-state index contributed by atoms with van der Waals surface area (Å²) in [6.45, 7) is 3.45. The fourth-order valence-electron chi connectivity index (χ4n) is 2.27. The van der Waals surface area contributed by atoms with Crippen LogP contribution in [0.5, 0.6) is 5.75 Å². The maximum absolute atomic E-state index is 13.1. The van der Waals surface area contributed by atoms with Gasteiger partial charge in [-0.25, -0.2) is 13.1 Å². The average Bonchev–Trinajstić information content (AvgIpc) is 2.66. The van der Waals surface area contributed by atoms with Crippen molar-refractivity contribution in [2.45, 2.75) is 24.9 Å². The molecule has 1 amide bonds. The first kappa shape index (κ1) is 24.0. The van der Waals surface area contributed by atoms with Crippen molar-refractivity contribution >= 4 is 33.2 Å². The third kappa shape index (κ3) is 6.89. The highest BCUT2D eigenvalue weighted by Gasteiger charge is 2.34. The van der Waals surface area contributed by atoms with Gasteiger partial charge in [0.05, 0.1) is 16.1 Å². The quantitative estimate of drug-likeness (QED) is 0.609. The number of alkyl halides is 3. The molecule has 2 aromatic carbocycles. The molecule has 2 rings (SSSR count). The Morgan fingerprint density at radius 3 is 2.33 bits per heavy atom.